The summed E-state index contributed by atoms with van der Waals surface area (Å²) in [4.78, 5) is 15.5. The van der Waals surface area contributed by atoms with Gasteiger partial charge in [0.25, 0.3) is 0 Å². The normalized spacial score (nSPS) is 10.6. The van der Waals surface area contributed by atoms with Gasteiger partial charge in [-0.05, 0) is 42.5 Å². The van der Waals surface area contributed by atoms with Crippen LogP contribution in [0, 0.1) is 0 Å². The third-order valence-corrected chi connectivity index (χ3v) is 4.16. The van der Waals surface area contributed by atoms with E-state index in [-0.39, 0.29) is 5.91 Å². The highest BCUT2D eigenvalue weighted by Crippen LogP contribution is 2.26. The Bertz CT molecular complexity index is 815. The number of amides is 1. The Morgan fingerprint density at radius 3 is 2.77 bits per heavy atom. The van der Waals surface area contributed by atoms with Crippen molar-refractivity contribution < 1.29 is 9.53 Å². The van der Waals surface area contributed by atoms with Gasteiger partial charge in [0.05, 0.1) is 10.2 Å². The van der Waals surface area contributed by atoms with Gasteiger partial charge < -0.3 is 10.1 Å². The van der Waals surface area contributed by atoms with Gasteiger partial charge in [0.2, 0.25) is 5.91 Å². The Morgan fingerprint density at radius 1 is 1.27 bits per heavy atom. The Labute approximate surface area is 136 Å². The van der Waals surface area contributed by atoms with E-state index in [1.807, 2.05) is 30.3 Å². The van der Waals surface area contributed by atoms with Gasteiger partial charge in [-0.15, -0.1) is 11.3 Å². The van der Waals surface area contributed by atoms with Crippen LogP contribution in [0.15, 0.2) is 42.5 Å². The first-order chi connectivity index (χ1) is 10.6. The number of halogens is 1. The molecule has 1 N–H and O–H groups in total. The summed E-state index contributed by atoms with van der Waals surface area (Å²) in [7, 11) is 0. The van der Waals surface area contributed by atoms with Crippen molar-refractivity contribution in [2.24, 2.45) is 0 Å². The van der Waals surface area contributed by atoms with Crippen LogP contribution in [0.3, 0.4) is 0 Å². The minimum Gasteiger partial charge on any atom is -0.486 e. The predicted octanol–water partition coefficient (Wildman–Crippen LogP) is 4.49. The monoisotopic (exact) mass is 332 g/mol. The molecule has 0 saturated heterocycles. The number of fused-ring (bicyclic) bond motifs is 1. The molecule has 6 heteroatoms. The summed E-state index contributed by atoms with van der Waals surface area (Å²) in [6.07, 6.45) is 0. The van der Waals surface area contributed by atoms with Gasteiger partial charge >= 0.3 is 0 Å². The van der Waals surface area contributed by atoms with Gasteiger partial charge in [-0.25, -0.2) is 4.98 Å². The lowest BCUT2D eigenvalue weighted by Gasteiger charge is -2.05. The number of nitrogens with one attached hydrogen (secondary N) is 1. The molecule has 0 bridgehead atoms. The van der Waals surface area contributed by atoms with Crippen molar-refractivity contribution >= 4 is 44.7 Å². The first kappa shape index (κ1) is 14.8. The van der Waals surface area contributed by atoms with Gasteiger partial charge in [-0.3, -0.25) is 4.79 Å². The van der Waals surface area contributed by atoms with Crippen molar-refractivity contribution in [3.05, 3.63) is 52.5 Å². The molecule has 1 amide bonds. The molecule has 0 aliphatic rings. The maximum absolute atomic E-state index is 11.0. The maximum atomic E-state index is 11.0. The maximum Gasteiger partial charge on any atom is 0.221 e. The SMILES string of the molecule is CC(=O)Nc1ccc(OCc2nc3ccc(Cl)cc3s2)cc1. The fourth-order valence-electron chi connectivity index (χ4n) is 1.99. The van der Waals surface area contributed by atoms with Crippen LogP contribution in [0.4, 0.5) is 5.69 Å². The molecule has 2 aromatic carbocycles. The second-order valence-electron chi connectivity index (χ2n) is 4.71. The van der Waals surface area contributed by atoms with Gasteiger partial charge in [0, 0.05) is 17.6 Å². The lowest BCUT2D eigenvalue weighted by Crippen LogP contribution is -2.05. The third-order valence-electron chi connectivity index (χ3n) is 2.93. The van der Waals surface area contributed by atoms with E-state index >= 15 is 0 Å². The molecule has 3 aromatic rings. The number of benzene rings is 2. The number of carbonyl (C=O) groups excluding carboxylic acids is 1. The van der Waals surface area contributed by atoms with Crippen molar-refractivity contribution in [1.82, 2.24) is 4.98 Å². The number of ether oxygens (including phenoxy) is 1. The number of aromatic nitrogens is 1. The largest absolute Gasteiger partial charge is 0.486 e. The van der Waals surface area contributed by atoms with Crippen LogP contribution in [-0.2, 0) is 11.4 Å². The Kier molecular flexibility index (Phi) is 4.27. The Balaban J connectivity index is 1.67. The zero-order valence-electron chi connectivity index (χ0n) is 11.8. The second kappa shape index (κ2) is 6.34. The number of carbonyl (C=O) groups is 1. The van der Waals surface area contributed by atoms with Crippen molar-refractivity contribution in [3.63, 3.8) is 0 Å². The molecule has 0 atom stereocenters. The minimum absolute atomic E-state index is 0.0956. The van der Waals surface area contributed by atoms with Crippen molar-refractivity contribution in [1.29, 1.82) is 0 Å². The highest BCUT2D eigenvalue weighted by atomic mass is 35.5. The van der Waals surface area contributed by atoms with E-state index in [0.717, 1.165) is 26.7 Å². The average Bonchev–Trinajstić information content (AvgIpc) is 2.88. The summed E-state index contributed by atoms with van der Waals surface area (Å²) in [5.74, 6) is 0.633. The highest BCUT2D eigenvalue weighted by Gasteiger charge is 2.05. The summed E-state index contributed by atoms with van der Waals surface area (Å²) in [6, 6.07) is 12.9. The number of hydrogen-bond acceptors (Lipinski definition) is 4. The molecule has 22 heavy (non-hydrogen) atoms. The van der Waals surface area contributed by atoms with Crippen molar-refractivity contribution in [3.8, 4) is 5.75 Å². The molecule has 0 fully saturated rings. The topological polar surface area (TPSA) is 51.2 Å². The number of nitrogens with zero attached hydrogens (tertiary/aromatic N) is 1. The molecular weight excluding hydrogens is 320 g/mol. The molecular formula is C16H13ClN2O2S. The number of hydrogen-bond donors (Lipinski definition) is 1. The third kappa shape index (κ3) is 3.55. The molecule has 0 spiro atoms. The molecule has 0 aliphatic carbocycles. The van der Waals surface area contributed by atoms with E-state index in [1.165, 1.54) is 6.92 Å². The van der Waals surface area contributed by atoms with Crippen LogP contribution in [0.5, 0.6) is 5.75 Å². The molecule has 4 nitrogen and oxygen atoms in total. The number of thiazole rings is 1. The Hall–Kier alpha value is -2.11. The van der Waals surface area contributed by atoms with Crippen LogP contribution < -0.4 is 10.1 Å². The molecule has 0 unspecified atom stereocenters. The van der Waals surface area contributed by atoms with Crippen LogP contribution in [-0.4, -0.2) is 10.9 Å². The van der Waals surface area contributed by atoms with E-state index in [4.69, 9.17) is 16.3 Å². The van der Waals surface area contributed by atoms with Crippen LogP contribution in [0.2, 0.25) is 5.02 Å². The lowest BCUT2D eigenvalue weighted by atomic mass is 10.3. The van der Waals surface area contributed by atoms with Crippen LogP contribution in [0.25, 0.3) is 10.2 Å². The van der Waals surface area contributed by atoms with Gasteiger partial charge in [0.1, 0.15) is 17.4 Å². The highest BCUT2D eigenvalue weighted by molar-refractivity contribution is 7.18. The lowest BCUT2D eigenvalue weighted by molar-refractivity contribution is -0.114. The first-order valence-electron chi connectivity index (χ1n) is 6.65. The summed E-state index contributed by atoms with van der Waals surface area (Å²) < 4.78 is 6.76. The van der Waals surface area contributed by atoms with E-state index in [1.54, 1.807) is 23.5 Å². The smallest absolute Gasteiger partial charge is 0.221 e. The molecule has 1 heterocycles. The zero-order chi connectivity index (χ0) is 15.5. The average molecular weight is 333 g/mol. The van der Waals surface area contributed by atoms with Crippen molar-refractivity contribution in [2.75, 3.05) is 5.32 Å². The molecule has 1 aromatic heterocycles. The molecule has 112 valence electrons. The predicted molar refractivity (Wildman–Crippen MR) is 89.7 cm³/mol. The molecule has 0 saturated carbocycles. The summed E-state index contributed by atoms with van der Waals surface area (Å²) in [5.41, 5.74) is 1.67. The summed E-state index contributed by atoms with van der Waals surface area (Å²) in [5, 5.41) is 4.31. The van der Waals surface area contributed by atoms with E-state index < -0.39 is 0 Å². The van der Waals surface area contributed by atoms with E-state index in [0.29, 0.717) is 11.6 Å². The molecule has 0 radical (unpaired) electrons. The fraction of sp³-hybridized carbons (Fsp3) is 0.125. The summed E-state index contributed by atoms with van der Waals surface area (Å²) >= 11 is 7.53. The molecule has 3 rings (SSSR count). The summed E-state index contributed by atoms with van der Waals surface area (Å²) in [6.45, 7) is 1.88. The fourth-order valence-corrected chi connectivity index (χ4v) is 3.15. The number of anilines is 1. The van der Waals surface area contributed by atoms with Gasteiger partial charge in [0.15, 0.2) is 0 Å². The van der Waals surface area contributed by atoms with Gasteiger partial charge in [-0.2, -0.15) is 0 Å². The Morgan fingerprint density at radius 2 is 2.05 bits per heavy atom. The van der Waals surface area contributed by atoms with Crippen LogP contribution in [0.1, 0.15) is 11.9 Å². The van der Waals surface area contributed by atoms with E-state index in [2.05, 4.69) is 10.3 Å². The zero-order valence-corrected chi connectivity index (χ0v) is 13.4. The van der Waals surface area contributed by atoms with Gasteiger partial charge in [-0.1, -0.05) is 11.6 Å². The quantitative estimate of drug-likeness (QED) is 0.766. The van der Waals surface area contributed by atoms with E-state index in [9.17, 15) is 4.79 Å². The van der Waals surface area contributed by atoms with Crippen LogP contribution >= 0.6 is 22.9 Å². The molecule has 0 aliphatic heterocycles. The minimum atomic E-state index is -0.0956. The van der Waals surface area contributed by atoms with Crippen molar-refractivity contribution in [2.45, 2.75) is 13.5 Å². The standard InChI is InChI=1S/C16H13ClN2O2S/c1-10(20)18-12-3-5-13(6-4-12)21-9-16-19-14-7-2-11(17)8-15(14)22-16/h2-8H,9H2,1H3,(H,18,20). The number of rotatable bonds is 4. The first-order valence-corrected chi connectivity index (χ1v) is 7.85. The second-order valence-corrected chi connectivity index (χ2v) is 6.27.